The van der Waals surface area contributed by atoms with Crippen LogP contribution < -0.4 is 0 Å². The van der Waals surface area contributed by atoms with Crippen LogP contribution in [0, 0.1) is 0 Å². The monoisotopic (exact) mass is 181 g/mol. The number of rotatable bonds is 0. The molecular weight excluding hydrogens is 172 g/mol. The summed E-state index contributed by atoms with van der Waals surface area (Å²) in [4.78, 5) is 11.1. The Labute approximate surface area is 67.4 Å². The molecule has 0 aliphatic carbocycles. The molecule has 2 N–H and O–H groups in total. The lowest BCUT2D eigenvalue weighted by molar-refractivity contribution is -0.142. The molecule has 1 unspecified atom stereocenters. The quantitative estimate of drug-likeness (QED) is 0.567. The number of hydrogen-bond acceptors (Lipinski definition) is 2. The summed E-state index contributed by atoms with van der Waals surface area (Å²) in [5.41, 5.74) is 0. The van der Waals surface area contributed by atoms with Crippen LogP contribution in [0.5, 0.6) is 0 Å². The number of nitrogens with zero attached hydrogens (tertiary/aromatic N) is 1. The third kappa shape index (κ3) is 1.63. The summed E-state index contributed by atoms with van der Waals surface area (Å²) >= 11 is 0. The maximum Gasteiger partial charge on any atom is 0.407 e. The van der Waals surface area contributed by atoms with Crippen molar-refractivity contribution in [3.63, 3.8) is 0 Å². The van der Waals surface area contributed by atoms with Crippen molar-refractivity contribution < 1.29 is 23.8 Å². The maximum absolute atomic E-state index is 12.6. The number of alkyl halides is 2. The highest BCUT2D eigenvalue weighted by Gasteiger charge is 2.44. The van der Waals surface area contributed by atoms with Crippen molar-refractivity contribution in [2.45, 2.75) is 18.4 Å². The zero-order chi connectivity index (χ0) is 9.35. The molecule has 0 spiro atoms. The van der Waals surface area contributed by atoms with Gasteiger partial charge >= 0.3 is 6.09 Å². The Hall–Kier alpha value is -0.910. The minimum atomic E-state index is -3.15. The van der Waals surface area contributed by atoms with E-state index in [0.29, 0.717) is 0 Å². The van der Waals surface area contributed by atoms with E-state index in [4.69, 9.17) is 10.2 Å². The number of carbonyl (C=O) groups is 1. The summed E-state index contributed by atoms with van der Waals surface area (Å²) in [5, 5.41) is 17.2. The molecule has 1 saturated heterocycles. The lowest BCUT2D eigenvalue weighted by atomic mass is 10.0. The van der Waals surface area contributed by atoms with Crippen molar-refractivity contribution >= 4 is 6.09 Å². The average Bonchev–Trinajstić information content (AvgIpc) is 1.94. The Morgan fingerprint density at radius 3 is 2.58 bits per heavy atom. The SMILES string of the molecule is O=C(O)N1CCC(F)(F)C(O)C1. The van der Waals surface area contributed by atoms with Gasteiger partial charge in [-0.15, -0.1) is 0 Å². The zero-order valence-electron chi connectivity index (χ0n) is 6.20. The standard InChI is InChI=1S/C6H9F2NO3/c7-6(8)1-2-9(5(11)12)3-4(6)10/h4,10H,1-3H2,(H,11,12). The molecule has 0 aromatic carbocycles. The van der Waals surface area contributed by atoms with Crippen LogP contribution in [0.25, 0.3) is 0 Å². The topological polar surface area (TPSA) is 60.8 Å². The molecule has 4 nitrogen and oxygen atoms in total. The van der Waals surface area contributed by atoms with Crippen molar-refractivity contribution in [2.75, 3.05) is 13.1 Å². The Kier molecular flexibility index (Phi) is 2.18. The second-order valence-electron chi connectivity index (χ2n) is 2.76. The Bertz CT molecular complexity index is 197. The number of aliphatic hydroxyl groups excluding tert-OH is 1. The number of aliphatic hydroxyl groups is 1. The highest BCUT2D eigenvalue weighted by atomic mass is 19.3. The van der Waals surface area contributed by atoms with Crippen LogP contribution in [0.2, 0.25) is 0 Å². The molecule has 1 aliphatic heterocycles. The molecule has 0 aromatic rings. The van der Waals surface area contributed by atoms with Gasteiger partial charge in [0.25, 0.3) is 5.92 Å². The molecule has 1 fully saturated rings. The van der Waals surface area contributed by atoms with E-state index in [-0.39, 0.29) is 6.54 Å². The first kappa shape index (κ1) is 9.18. The summed E-state index contributed by atoms with van der Waals surface area (Å²) in [6.07, 6.45) is -3.76. The van der Waals surface area contributed by atoms with E-state index in [1.54, 1.807) is 0 Å². The minimum Gasteiger partial charge on any atom is -0.465 e. The molecule has 6 heteroatoms. The van der Waals surface area contributed by atoms with E-state index in [9.17, 15) is 13.6 Å². The summed E-state index contributed by atoms with van der Waals surface area (Å²) in [7, 11) is 0. The average molecular weight is 181 g/mol. The van der Waals surface area contributed by atoms with Crippen LogP contribution in [-0.4, -0.2) is 46.3 Å². The van der Waals surface area contributed by atoms with Gasteiger partial charge in [-0.1, -0.05) is 0 Å². The predicted molar refractivity (Wildman–Crippen MR) is 35.2 cm³/mol. The zero-order valence-corrected chi connectivity index (χ0v) is 6.20. The van der Waals surface area contributed by atoms with Gasteiger partial charge in [-0.2, -0.15) is 0 Å². The normalized spacial score (nSPS) is 28.6. The van der Waals surface area contributed by atoms with Crippen molar-refractivity contribution in [3.05, 3.63) is 0 Å². The number of piperidine rings is 1. The van der Waals surface area contributed by atoms with Gasteiger partial charge in [0.15, 0.2) is 0 Å². The third-order valence-electron chi connectivity index (χ3n) is 1.87. The maximum atomic E-state index is 12.6. The number of halogens is 2. The molecule has 1 atom stereocenters. The second-order valence-corrected chi connectivity index (χ2v) is 2.76. The lowest BCUT2D eigenvalue weighted by Crippen LogP contribution is -2.52. The van der Waals surface area contributed by atoms with Gasteiger partial charge < -0.3 is 15.1 Å². The fourth-order valence-corrected chi connectivity index (χ4v) is 1.06. The summed E-state index contributed by atoms with van der Waals surface area (Å²) in [6, 6.07) is 0. The highest BCUT2D eigenvalue weighted by Crippen LogP contribution is 2.27. The molecule has 70 valence electrons. The smallest absolute Gasteiger partial charge is 0.407 e. The van der Waals surface area contributed by atoms with Gasteiger partial charge in [0.1, 0.15) is 6.10 Å². The van der Waals surface area contributed by atoms with Crippen LogP contribution in [0.1, 0.15) is 6.42 Å². The van der Waals surface area contributed by atoms with Crippen LogP contribution in [0.3, 0.4) is 0 Å². The van der Waals surface area contributed by atoms with Crippen LogP contribution >= 0.6 is 0 Å². The first-order chi connectivity index (χ1) is 5.43. The Morgan fingerprint density at radius 2 is 2.17 bits per heavy atom. The Morgan fingerprint density at radius 1 is 1.58 bits per heavy atom. The van der Waals surface area contributed by atoms with Crippen LogP contribution in [0.4, 0.5) is 13.6 Å². The largest absolute Gasteiger partial charge is 0.465 e. The van der Waals surface area contributed by atoms with Gasteiger partial charge in [-0.05, 0) is 0 Å². The number of β-amino-alcohol motifs (C(OH)–C–C–N with tert-alkyl or cyclic N) is 1. The second kappa shape index (κ2) is 2.85. The van der Waals surface area contributed by atoms with Crippen LogP contribution in [0.15, 0.2) is 0 Å². The molecule has 1 aliphatic rings. The molecule has 0 aromatic heterocycles. The third-order valence-corrected chi connectivity index (χ3v) is 1.87. The van der Waals surface area contributed by atoms with E-state index in [0.717, 1.165) is 4.90 Å². The Balaban J connectivity index is 2.58. The van der Waals surface area contributed by atoms with Gasteiger partial charge in [-0.3, -0.25) is 0 Å². The molecule has 0 radical (unpaired) electrons. The molecule has 0 bridgehead atoms. The summed E-state index contributed by atoms with van der Waals surface area (Å²) in [5.74, 6) is -3.15. The van der Waals surface area contributed by atoms with E-state index in [2.05, 4.69) is 0 Å². The van der Waals surface area contributed by atoms with Crippen molar-refractivity contribution in [3.8, 4) is 0 Å². The number of likely N-dealkylation sites (tertiary alicyclic amines) is 1. The highest BCUT2D eigenvalue weighted by molar-refractivity contribution is 5.65. The van der Waals surface area contributed by atoms with Crippen molar-refractivity contribution in [2.24, 2.45) is 0 Å². The minimum absolute atomic E-state index is 0.223. The van der Waals surface area contributed by atoms with Gasteiger partial charge in [-0.25, -0.2) is 13.6 Å². The molecular formula is C6H9F2NO3. The molecule has 12 heavy (non-hydrogen) atoms. The van der Waals surface area contributed by atoms with Crippen molar-refractivity contribution in [1.29, 1.82) is 0 Å². The molecule has 1 amide bonds. The summed E-state index contributed by atoms with van der Waals surface area (Å²) in [6.45, 7) is -0.734. The first-order valence-electron chi connectivity index (χ1n) is 3.47. The number of hydrogen-bond donors (Lipinski definition) is 2. The fourth-order valence-electron chi connectivity index (χ4n) is 1.06. The molecule has 1 rings (SSSR count). The number of carboxylic acid groups (broad SMARTS) is 1. The molecule has 1 heterocycles. The van der Waals surface area contributed by atoms with Crippen molar-refractivity contribution in [1.82, 2.24) is 4.90 Å². The van der Waals surface area contributed by atoms with Gasteiger partial charge in [0, 0.05) is 13.0 Å². The van der Waals surface area contributed by atoms with E-state index in [1.165, 1.54) is 0 Å². The lowest BCUT2D eigenvalue weighted by Gasteiger charge is -2.33. The fraction of sp³-hybridized carbons (Fsp3) is 0.833. The van der Waals surface area contributed by atoms with Gasteiger partial charge in [0.05, 0.1) is 6.54 Å². The predicted octanol–water partition coefficient (Wildman–Crippen LogP) is 0.366. The summed E-state index contributed by atoms with van der Waals surface area (Å²) < 4.78 is 25.1. The molecule has 0 saturated carbocycles. The number of amides is 1. The van der Waals surface area contributed by atoms with Gasteiger partial charge in [0.2, 0.25) is 0 Å². The first-order valence-corrected chi connectivity index (χ1v) is 3.47. The van der Waals surface area contributed by atoms with E-state index < -0.39 is 31.1 Å². The van der Waals surface area contributed by atoms with E-state index in [1.807, 2.05) is 0 Å². The van der Waals surface area contributed by atoms with E-state index >= 15 is 0 Å². The van der Waals surface area contributed by atoms with Crippen LogP contribution in [-0.2, 0) is 0 Å².